The zero-order valence-electron chi connectivity index (χ0n) is 12.6. The summed E-state index contributed by atoms with van der Waals surface area (Å²) in [6.07, 6.45) is 2.04. The van der Waals surface area contributed by atoms with E-state index in [1.165, 1.54) is 12.1 Å². The number of carbonyl (C=O) groups excluding carboxylic acids is 1. The second kappa shape index (κ2) is 7.89. The van der Waals surface area contributed by atoms with Crippen LogP contribution in [0.25, 0.3) is 0 Å². The van der Waals surface area contributed by atoms with Gasteiger partial charge in [-0.2, -0.15) is 8.78 Å². The molecule has 1 aliphatic rings. The first-order valence-corrected chi connectivity index (χ1v) is 7.50. The molecule has 0 radical (unpaired) electrons. The van der Waals surface area contributed by atoms with E-state index >= 15 is 0 Å². The van der Waals surface area contributed by atoms with Crippen molar-refractivity contribution in [3.05, 3.63) is 29.8 Å². The molecule has 1 heterocycles. The minimum absolute atomic E-state index is 0.0791. The Morgan fingerprint density at radius 3 is 2.61 bits per heavy atom. The third-order valence-corrected chi connectivity index (χ3v) is 3.90. The van der Waals surface area contributed by atoms with Crippen LogP contribution in [0.4, 0.5) is 8.78 Å². The van der Waals surface area contributed by atoms with Crippen LogP contribution in [0.2, 0.25) is 0 Å². The molecule has 1 aliphatic heterocycles. The summed E-state index contributed by atoms with van der Waals surface area (Å²) in [4.78, 5) is 24.8. The van der Waals surface area contributed by atoms with Crippen molar-refractivity contribution in [1.29, 1.82) is 0 Å². The molecule has 0 aromatic heterocycles. The Kier molecular flexibility index (Phi) is 5.90. The molecule has 0 unspecified atom stereocenters. The first-order chi connectivity index (χ1) is 11.0. The number of hydrogen-bond acceptors (Lipinski definition) is 3. The van der Waals surface area contributed by atoms with Gasteiger partial charge in [-0.15, -0.1) is 0 Å². The summed E-state index contributed by atoms with van der Waals surface area (Å²) in [7, 11) is 0. The molecule has 5 nitrogen and oxygen atoms in total. The number of benzene rings is 1. The molecular formula is C16H19F2NO4. The molecule has 0 saturated carbocycles. The van der Waals surface area contributed by atoms with Crippen LogP contribution in [0.3, 0.4) is 0 Å². The van der Waals surface area contributed by atoms with E-state index in [9.17, 15) is 18.4 Å². The molecule has 1 atom stereocenters. The van der Waals surface area contributed by atoms with Crippen LogP contribution >= 0.6 is 0 Å². The second-order valence-corrected chi connectivity index (χ2v) is 5.54. The van der Waals surface area contributed by atoms with Crippen LogP contribution in [-0.4, -0.2) is 41.6 Å². The number of piperidine rings is 1. The number of halogens is 2. The third kappa shape index (κ3) is 5.19. The molecule has 0 bridgehead atoms. The van der Waals surface area contributed by atoms with Crippen molar-refractivity contribution < 1.29 is 28.2 Å². The van der Waals surface area contributed by atoms with Gasteiger partial charge in [0.25, 0.3) is 0 Å². The fourth-order valence-electron chi connectivity index (χ4n) is 2.65. The summed E-state index contributed by atoms with van der Waals surface area (Å²) in [5, 5.41) is 9.03. The van der Waals surface area contributed by atoms with Crippen molar-refractivity contribution in [3.63, 3.8) is 0 Å². The number of likely N-dealkylation sites (tertiary alicyclic amines) is 1. The van der Waals surface area contributed by atoms with Gasteiger partial charge in [0.1, 0.15) is 5.75 Å². The van der Waals surface area contributed by atoms with Gasteiger partial charge in [0, 0.05) is 19.5 Å². The summed E-state index contributed by atoms with van der Waals surface area (Å²) in [6, 6.07) is 6.16. The number of amides is 1. The van der Waals surface area contributed by atoms with E-state index in [1.807, 2.05) is 0 Å². The number of rotatable bonds is 6. The van der Waals surface area contributed by atoms with Gasteiger partial charge in [0.05, 0.1) is 5.92 Å². The summed E-state index contributed by atoms with van der Waals surface area (Å²) >= 11 is 0. The molecular weight excluding hydrogens is 308 g/mol. The third-order valence-electron chi connectivity index (χ3n) is 3.90. The lowest BCUT2D eigenvalue weighted by atomic mass is 9.97. The summed E-state index contributed by atoms with van der Waals surface area (Å²) in [6.45, 7) is -2.01. The van der Waals surface area contributed by atoms with E-state index < -0.39 is 18.5 Å². The van der Waals surface area contributed by atoms with Crippen LogP contribution < -0.4 is 4.74 Å². The van der Waals surface area contributed by atoms with Crippen LogP contribution in [0, 0.1) is 5.92 Å². The molecule has 7 heteroatoms. The lowest BCUT2D eigenvalue weighted by Crippen LogP contribution is -2.42. The van der Waals surface area contributed by atoms with Crippen molar-refractivity contribution in [2.75, 3.05) is 13.1 Å². The van der Waals surface area contributed by atoms with Gasteiger partial charge in [0.2, 0.25) is 5.91 Å². The van der Waals surface area contributed by atoms with Crippen molar-refractivity contribution in [3.8, 4) is 5.75 Å². The van der Waals surface area contributed by atoms with Crippen LogP contribution in [0.15, 0.2) is 24.3 Å². The van der Waals surface area contributed by atoms with Crippen molar-refractivity contribution in [2.24, 2.45) is 5.92 Å². The largest absolute Gasteiger partial charge is 0.481 e. The fraction of sp³-hybridized carbons (Fsp3) is 0.500. The zero-order chi connectivity index (χ0) is 16.8. The number of aliphatic carboxylic acids is 1. The average Bonchev–Trinajstić information content (AvgIpc) is 2.53. The molecule has 1 aromatic carbocycles. The molecule has 1 N–H and O–H groups in total. The lowest BCUT2D eigenvalue weighted by Gasteiger charge is -2.30. The number of aryl methyl sites for hydroxylation is 1. The number of alkyl halides is 2. The minimum Gasteiger partial charge on any atom is -0.481 e. The maximum atomic E-state index is 12.2. The van der Waals surface area contributed by atoms with Crippen LogP contribution in [-0.2, 0) is 16.0 Å². The molecule has 0 spiro atoms. The molecule has 1 fully saturated rings. The number of carboxylic acid groups (broad SMARTS) is 1. The minimum atomic E-state index is -2.86. The Balaban J connectivity index is 1.83. The average molecular weight is 327 g/mol. The summed E-state index contributed by atoms with van der Waals surface area (Å²) in [5.41, 5.74) is 0.840. The second-order valence-electron chi connectivity index (χ2n) is 5.54. The van der Waals surface area contributed by atoms with E-state index in [2.05, 4.69) is 4.74 Å². The highest BCUT2D eigenvalue weighted by molar-refractivity contribution is 5.78. The Morgan fingerprint density at radius 2 is 2.00 bits per heavy atom. The normalized spacial score (nSPS) is 18.0. The standard InChI is InChI=1S/C16H19F2NO4/c17-16(18)23-13-6-3-11(4-7-13)5-8-14(20)19-9-1-2-12(10-19)15(21)22/h3-4,6-7,12,16H,1-2,5,8-10H2,(H,21,22)/t12-/m0/s1. The Bertz CT molecular complexity index is 548. The van der Waals surface area contributed by atoms with Gasteiger partial charge in [-0.1, -0.05) is 12.1 Å². The van der Waals surface area contributed by atoms with Crippen molar-refractivity contribution in [2.45, 2.75) is 32.3 Å². The molecule has 23 heavy (non-hydrogen) atoms. The van der Waals surface area contributed by atoms with E-state index in [4.69, 9.17) is 5.11 Å². The molecule has 1 amide bonds. The van der Waals surface area contributed by atoms with Gasteiger partial charge in [-0.3, -0.25) is 9.59 Å². The molecule has 126 valence electrons. The quantitative estimate of drug-likeness (QED) is 0.872. The SMILES string of the molecule is O=C(O)[C@H]1CCCN(C(=O)CCc2ccc(OC(F)F)cc2)C1. The Hall–Kier alpha value is -2.18. The van der Waals surface area contributed by atoms with Crippen LogP contribution in [0.5, 0.6) is 5.75 Å². The highest BCUT2D eigenvalue weighted by Gasteiger charge is 2.27. The number of hydrogen-bond donors (Lipinski definition) is 1. The first-order valence-electron chi connectivity index (χ1n) is 7.50. The molecule has 2 rings (SSSR count). The van der Waals surface area contributed by atoms with Gasteiger partial charge in [0.15, 0.2) is 0 Å². The van der Waals surface area contributed by atoms with Gasteiger partial charge >= 0.3 is 12.6 Å². The van der Waals surface area contributed by atoms with E-state index in [0.717, 1.165) is 5.56 Å². The molecule has 0 aliphatic carbocycles. The van der Waals surface area contributed by atoms with E-state index in [0.29, 0.717) is 25.8 Å². The highest BCUT2D eigenvalue weighted by Crippen LogP contribution is 2.19. The van der Waals surface area contributed by atoms with E-state index in [1.54, 1.807) is 17.0 Å². The summed E-state index contributed by atoms with van der Waals surface area (Å²) < 4.78 is 28.4. The van der Waals surface area contributed by atoms with Gasteiger partial charge < -0.3 is 14.7 Å². The topological polar surface area (TPSA) is 66.8 Å². The predicted molar refractivity (Wildman–Crippen MR) is 78.3 cm³/mol. The highest BCUT2D eigenvalue weighted by atomic mass is 19.3. The monoisotopic (exact) mass is 327 g/mol. The number of nitrogens with zero attached hydrogens (tertiary/aromatic N) is 1. The van der Waals surface area contributed by atoms with Crippen molar-refractivity contribution >= 4 is 11.9 Å². The maximum absolute atomic E-state index is 12.2. The fourth-order valence-corrected chi connectivity index (χ4v) is 2.65. The smallest absolute Gasteiger partial charge is 0.387 e. The predicted octanol–water partition coefficient (Wildman–Crippen LogP) is 2.54. The number of carbonyl (C=O) groups is 2. The summed E-state index contributed by atoms with van der Waals surface area (Å²) in [5.74, 6) is -1.35. The maximum Gasteiger partial charge on any atom is 0.387 e. The van der Waals surface area contributed by atoms with Crippen molar-refractivity contribution in [1.82, 2.24) is 4.90 Å². The molecule has 1 saturated heterocycles. The Morgan fingerprint density at radius 1 is 1.30 bits per heavy atom. The number of carboxylic acids is 1. The molecule has 1 aromatic rings. The Labute approximate surface area is 132 Å². The number of ether oxygens (including phenoxy) is 1. The van der Waals surface area contributed by atoms with Gasteiger partial charge in [-0.25, -0.2) is 0 Å². The first kappa shape index (κ1) is 17.2. The zero-order valence-corrected chi connectivity index (χ0v) is 12.6. The van der Waals surface area contributed by atoms with Gasteiger partial charge in [-0.05, 0) is 37.0 Å². The van der Waals surface area contributed by atoms with Crippen LogP contribution in [0.1, 0.15) is 24.8 Å². The lowest BCUT2D eigenvalue weighted by molar-refractivity contribution is -0.145. The van der Waals surface area contributed by atoms with E-state index in [-0.39, 0.29) is 24.6 Å².